The second-order valence-electron chi connectivity index (χ2n) is 9.38. The second-order valence-corrected chi connectivity index (χ2v) is 9.38. The number of aryl methyl sites for hydroxylation is 2. The number of piperidine rings is 1. The average Bonchev–Trinajstić information content (AvgIpc) is 3.23. The van der Waals surface area contributed by atoms with E-state index in [9.17, 15) is 9.59 Å². The molecule has 9 heteroatoms. The highest BCUT2D eigenvalue weighted by Crippen LogP contribution is 2.30. The molecule has 36 heavy (non-hydrogen) atoms. The van der Waals surface area contributed by atoms with Gasteiger partial charge in [-0.3, -0.25) is 14.5 Å². The lowest BCUT2D eigenvalue weighted by atomic mass is 10.1. The number of hydrogen-bond acceptors (Lipinski definition) is 7. The molecule has 2 aliphatic rings. The predicted octanol–water partition coefficient (Wildman–Crippen LogP) is 3.05. The summed E-state index contributed by atoms with van der Waals surface area (Å²) in [6, 6.07) is 5.56. The fourth-order valence-corrected chi connectivity index (χ4v) is 4.60. The van der Waals surface area contributed by atoms with Crippen molar-refractivity contribution in [3.05, 3.63) is 46.9 Å². The molecule has 0 radical (unpaired) electrons. The molecule has 1 aromatic heterocycles. The third kappa shape index (κ3) is 6.46. The summed E-state index contributed by atoms with van der Waals surface area (Å²) in [5.74, 6) is 2.11. The molecule has 4 rings (SSSR count). The van der Waals surface area contributed by atoms with Crippen molar-refractivity contribution in [2.75, 3.05) is 52.9 Å². The van der Waals surface area contributed by atoms with E-state index in [4.69, 9.17) is 14.0 Å². The standard InChI is InChI=1S/C27H36N4O5/c1-20-23(21(2)36-28-20)19-35-24-9-7-22(17-25(24)34-3)8-10-26(32)31-15-13-29(14-16-31)18-27(33)30-11-5-4-6-12-30/h7-10,17H,4-6,11-16,18-19H2,1-3H3. The fraction of sp³-hybridized carbons (Fsp3) is 0.519. The summed E-state index contributed by atoms with van der Waals surface area (Å²) in [7, 11) is 1.59. The van der Waals surface area contributed by atoms with Crippen LogP contribution in [0.5, 0.6) is 11.5 Å². The van der Waals surface area contributed by atoms with Crippen LogP contribution in [-0.4, -0.2) is 84.6 Å². The van der Waals surface area contributed by atoms with Crippen LogP contribution in [0.25, 0.3) is 6.08 Å². The van der Waals surface area contributed by atoms with Gasteiger partial charge in [0.05, 0.1) is 24.9 Å². The number of piperazine rings is 1. The molecule has 1 aromatic carbocycles. The zero-order valence-corrected chi connectivity index (χ0v) is 21.5. The number of amides is 2. The monoisotopic (exact) mass is 496 g/mol. The van der Waals surface area contributed by atoms with Crippen LogP contribution in [0.4, 0.5) is 0 Å². The molecule has 0 saturated carbocycles. The van der Waals surface area contributed by atoms with E-state index in [0.717, 1.165) is 48.5 Å². The Kier molecular flexibility index (Phi) is 8.64. The van der Waals surface area contributed by atoms with E-state index >= 15 is 0 Å². The van der Waals surface area contributed by atoms with Gasteiger partial charge in [0.25, 0.3) is 0 Å². The van der Waals surface area contributed by atoms with Crippen LogP contribution in [-0.2, 0) is 16.2 Å². The number of hydrogen-bond donors (Lipinski definition) is 0. The van der Waals surface area contributed by atoms with E-state index in [1.54, 1.807) is 19.3 Å². The minimum atomic E-state index is -0.0327. The lowest BCUT2D eigenvalue weighted by molar-refractivity contribution is -0.134. The van der Waals surface area contributed by atoms with Gasteiger partial charge < -0.3 is 23.8 Å². The normalized spacial score (nSPS) is 17.0. The summed E-state index contributed by atoms with van der Waals surface area (Å²) in [5, 5.41) is 3.95. The first-order valence-electron chi connectivity index (χ1n) is 12.6. The quantitative estimate of drug-likeness (QED) is 0.519. The Bertz CT molecular complexity index is 1060. The summed E-state index contributed by atoms with van der Waals surface area (Å²) in [6.07, 6.45) is 6.80. The van der Waals surface area contributed by atoms with Crippen molar-refractivity contribution in [3.8, 4) is 11.5 Å². The Morgan fingerprint density at radius 1 is 1.00 bits per heavy atom. The first-order valence-corrected chi connectivity index (χ1v) is 12.6. The van der Waals surface area contributed by atoms with E-state index in [2.05, 4.69) is 10.1 Å². The Morgan fingerprint density at radius 3 is 2.42 bits per heavy atom. The van der Waals surface area contributed by atoms with E-state index in [1.165, 1.54) is 6.42 Å². The zero-order valence-electron chi connectivity index (χ0n) is 21.5. The molecule has 3 heterocycles. The van der Waals surface area contributed by atoms with Gasteiger partial charge in [0.15, 0.2) is 11.5 Å². The van der Waals surface area contributed by atoms with Crippen LogP contribution in [0.2, 0.25) is 0 Å². The van der Waals surface area contributed by atoms with Crippen LogP contribution >= 0.6 is 0 Å². The van der Waals surface area contributed by atoms with Crippen molar-refractivity contribution in [2.45, 2.75) is 39.7 Å². The molecule has 0 aliphatic carbocycles. The summed E-state index contributed by atoms with van der Waals surface area (Å²) >= 11 is 0. The predicted molar refractivity (Wildman–Crippen MR) is 136 cm³/mol. The maximum atomic E-state index is 12.7. The summed E-state index contributed by atoms with van der Waals surface area (Å²) in [5.41, 5.74) is 2.57. The number of aromatic nitrogens is 1. The molecule has 0 unspecified atom stereocenters. The highest BCUT2D eigenvalue weighted by molar-refractivity contribution is 5.92. The maximum Gasteiger partial charge on any atom is 0.246 e. The minimum absolute atomic E-state index is 0.0327. The molecule has 2 aliphatic heterocycles. The molecule has 0 bridgehead atoms. The van der Waals surface area contributed by atoms with Gasteiger partial charge >= 0.3 is 0 Å². The molecular weight excluding hydrogens is 460 g/mol. The van der Waals surface area contributed by atoms with Gasteiger partial charge in [-0.15, -0.1) is 0 Å². The van der Waals surface area contributed by atoms with Gasteiger partial charge in [0, 0.05) is 45.3 Å². The summed E-state index contributed by atoms with van der Waals surface area (Å²) in [6.45, 7) is 8.94. The maximum absolute atomic E-state index is 12.7. The van der Waals surface area contributed by atoms with Crippen LogP contribution in [0.1, 0.15) is 41.8 Å². The number of carbonyl (C=O) groups is 2. The van der Waals surface area contributed by atoms with Gasteiger partial charge in [-0.2, -0.15) is 0 Å². The van der Waals surface area contributed by atoms with Crippen LogP contribution in [0, 0.1) is 13.8 Å². The molecule has 2 saturated heterocycles. The van der Waals surface area contributed by atoms with Crippen molar-refractivity contribution in [3.63, 3.8) is 0 Å². The molecule has 2 fully saturated rings. The highest BCUT2D eigenvalue weighted by Gasteiger charge is 2.24. The number of ether oxygens (including phenoxy) is 2. The lowest BCUT2D eigenvalue weighted by Gasteiger charge is -2.35. The highest BCUT2D eigenvalue weighted by atomic mass is 16.5. The second kappa shape index (κ2) is 12.1. The van der Waals surface area contributed by atoms with Gasteiger partial charge in [-0.05, 0) is 56.9 Å². The summed E-state index contributed by atoms with van der Waals surface area (Å²) < 4.78 is 16.6. The average molecular weight is 497 g/mol. The number of nitrogens with zero attached hydrogens (tertiary/aromatic N) is 4. The van der Waals surface area contributed by atoms with Gasteiger partial charge in [0.2, 0.25) is 11.8 Å². The van der Waals surface area contributed by atoms with E-state index in [-0.39, 0.29) is 11.8 Å². The van der Waals surface area contributed by atoms with Gasteiger partial charge in [-0.1, -0.05) is 11.2 Å². The van der Waals surface area contributed by atoms with Gasteiger partial charge in [-0.25, -0.2) is 0 Å². The molecule has 2 aromatic rings. The number of rotatable bonds is 8. The van der Waals surface area contributed by atoms with Crippen molar-refractivity contribution < 1.29 is 23.6 Å². The lowest BCUT2D eigenvalue weighted by Crippen LogP contribution is -2.51. The minimum Gasteiger partial charge on any atom is -0.493 e. The molecule has 2 amide bonds. The number of carbonyl (C=O) groups excluding carboxylic acids is 2. The van der Waals surface area contributed by atoms with Crippen molar-refractivity contribution >= 4 is 17.9 Å². The van der Waals surface area contributed by atoms with Crippen molar-refractivity contribution in [1.82, 2.24) is 19.9 Å². The first kappa shape index (κ1) is 25.8. The SMILES string of the molecule is COc1cc(C=CC(=O)N2CCN(CC(=O)N3CCCCC3)CC2)ccc1OCc1c(C)noc1C. The van der Waals surface area contributed by atoms with Gasteiger partial charge in [0.1, 0.15) is 12.4 Å². The first-order chi connectivity index (χ1) is 17.4. The smallest absolute Gasteiger partial charge is 0.246 e. The van der Waals surface area contributed by atoms with E-state index in [0.29, 0.717) is 50.8 Å². The topological polar surface area (TPSA) is 88.4 Å². The Hall–Kier alpha value is -3.33. The van der Waals surface area contributed by atoms with E-state index in [1.807, 2.05) is 41.8 Å². The van der Waals surface area contributed by atoms with Crippen molar-refractivity contribution in [1.29, 1.82) is 0 Å². The van der Waals surface area contributed by atoms with E-state index < -0.39 is 0 Å². The largest absolute Gasteiger partial charge is 0.493 e. The molecule has 0 spiro atoms. The van der Waals surface area contributed by atoms with Crippen LogP contribution in [0.15, 0.2) is 28.8 Å². The molecule has 194 valence electrons. The molecule has 0 N–H and O–H groups in total. The Morgan fingerprint density at radius 2 is 1.75 bits per heavy atom. The molecule has 9 nitrogen and oxygen atoms in total. The third-order valence-corrected chi connectivity index (χ3v) is 6.91. The summed E-state index contributed by atoms with van der Waals surface area (Å²) in [4.78, 5) is 31.2. The fourth-order valence-electron chi connectivity index (χ4n) is 4.60. The Labute approximate surface area is 212 Å². The third-order valence-electron chi connectivity index (χ3n) is 6.91. The number of benzene rings is 1. The van der Waals surface area contributed by atoms with Crippen molar-refractivity contribution in [2.24, 2.45) is 0 Å². The Balaban J connectivity index is 1.27. The van der Waals surface area contributed by atoms with Crippen LogP contribution in [0.3, 0.4) is 0 Å². The number of methoxy groups -OCH3 is 1. The molecular formula is C27H36N4O5. The zero-order chi connectivity index (χ0) is 25.5. The number of likely N-dealkylation sites (tertiary alicyclic amines) is 1. The van der Waals surface area contributed by atoms with Crippen LogP contribution < -0.4 is 9.47 Å². The molecule has 0 atom stereocenters.